The number of rotatable bonds is 4. The van der Waals surface area contributed by atoms with Gasteiger partial charge in [0.05, 0.1) is 10.1 Å². The lowest BCUT2D eigenvalue weighted by Gasteiger charge is -2.28. The van der Waals surface area contributed by atoms with Crippen molar-refractivity contribution in [2.45, 2.75) is 58.0 Å². The van der Waals surface area contributed by atoms with Gasteiger partial charge in [-0.1, -0.05) is 37.5 Å². The van der Waals surface area contributed by atoms with Gasteiger partial charge < -0.3 is 5.32 Å². The summed E-state index contributed by atoms with van der Waals surface area (Å²) in [6.45, 7) is 4.23. The van der Waals surface area contributed by atoms with Crippen molar-refractivity contribution in [2.75, 3.05) is 0 Å². The van der Waals surface area contributed by atoms with Crippen molar-refractivity contribution in [2.24, 2.45) is 5.92 Å². The van der Waals surface area contributed by atoms with E-state index >= 15 is 0 Å². The summed E-state index contributed by atoms with van der Waals surface area (Å²) in [6.07, 6.45) is 5.06. The van der Waals surface area contributed by atoms with Gasteiger partial charge in [0.15, 0.2) is 0 Å². The van der Waals surface area contributed by atoms with Gasteiger partial charge in [0.2, 0.25) is 5.91 Å². The number of nitrogens with zero attached hydrogens (tertiary/aromatic N) is 1. The van der Waals surface area contributed by atoms with Crippen molar-refractivity contribution in [3.63, 3.8) is 0 Å². The van der Waals surface area contributed by atoms with Crippen LogP contribution in [0.4, 0.5) is 0 Å². The van der Waals surface area contributed by atoms with Gasteiger partial charge in [-0.2, -0.15) is 0 Å². The second kappa shape index (κ2) is 6.87. The summed E-state index contributed by atoms with van der Waals surface area (Å²) in [6, 6.07) is 7.41. The Labute approximate surface area is 140 Å². The first-order valence-electron chi connectivity index (χ1n) is 8.51. The van der Waals surface area contributed by atoms with Crippen LogP contribution < -0.4 is 10.9 Å². The summed E-state index contributed by atoms with van der Waals surface area (Å²) < 4.78 is 2.58. The molecule has 1 aromatic carbocycles. The fraction of sp³-hybridized carbons (Fsp3) is 0.556. The van der Waals surface area contributed by atoms with E-state index < -0.39 is 6.04 Å². The molecule has 1 heterocycles. The van der Waals surface area contributed by atoms with Gasteiger partial charge in [-0.05, 0) is 50.2 Å². The lowest BCUT2D eigenvalue weighted by Crippen LogP contribution is -2.42. The molecule has 5 heteroatoms. The second-order valence-electron chi connectivity index (χ2n) is 6.61. The average Bonchev–Trinajstić information content (AvgIpc) is 2.88. The standard InChI is InChI=1S/C18H24N2O2S/c1-3-15(17(21)19-13-10-8-12(2)9-11-13)20-18(22)14-6-4-5-7-16(14)23-20/h4-7,12-13,15H,3,8-11H2,1-2H3,(H,19,21). The van der Waals surface area contributed by atoms with Crippen LogP contribution in [0.25, 0.3) is 10.1 Å². The summed E-state index contributed by atoms with van der Waals surface area (Å²) in [5.41, 5.74) is -0.0510. The van der Waals surface area contributed by atoms with Crippen molar-refractivity contribution < 1.29 is 4.79 Å². The molecule has 1 N–H and O–H groups in total. The smallest absolute Gasteiger partial charge is 0.269 e. The second-order valence-corrected chi connectivity index (χ2v) is 7.62. The van der Waals surface area contributed by atoms with Crippen molar-refractivity contribution in [1.82, 2.24) is 9.27 Å². The van der Waals surface area contributed by atoms with Crippen LogP contribution in [-0.2, 0) is 4.79 Å². The molecule has 124 valence electrons. The maximum Gasteiger partial charge on any atom is 0.269 e. The van der Waals surface area contributed by atoms with Crippen molar-refractivity contribution >= 4 is 27.5 Å². The first-order chi connectivity index (χ1) is 11.1. The van der Waals surface area contributed by atoms with E-state index in [0.29, 0.717) is 11.8 Å². The highest BCUT2D eigenvalue weighted by molar-refractivity contribution is 7.14. The number of fused-ring (bicyclic) bond motifs is 1. The maximum atomic E-state index is 12.7. The van der Waals surface area contributed by atoms with E-state index in [2.05, 4.69) is 12.2 Å². The Bertz CT molecular complexity index is 741. The van der Waals surface area contributed by atoms with Crippen LogP contribution in [0, 0.1) is 5.92 Å². The molecule has 0 radical (unpaired) electrons. The van der Waals surface area contributed by atoms with E-state index in [-0.39, 0.29) is 17.5 Å². The summed E-state index contributed by atoms with van der Waals surface area (Å²) in [4.78, 5) is 25.3. The van der Waals surface area contributed by atoms with E-state index in [1.807, 2.05) is 31.2 Å². The Kier molecular flexibility index (Phi) is 4.85. The van der Waals surface area contributed by atoms with Crippen molar-refractivity contribution in [1.29, 1.82) is 0 Å². The van der Waals surface area contributed by atoms with Gasteiger partial charge in [-0.25, -0.2) is 0 Å². The number of hydrogen-bond acceptors (Lipinski definition) is 3. The molecule has 1 fully saturated rings. The Morgan fingerprint density at radius 3 is 2.65 bits per heavy atom. The van der Waals surface area contributed by atoms with E-state index in [9.17, 15) is 9.59 Å². The zero-order valence-electron chi connectivity index (χ0n) is 13.7. The molecule has 23 heavy (non-hydrogen) atoms. The minimum absolute atomic E-state index is 0.0132. The highest BCUT2D eigenvalue weighted by atomic mass is 32.1. The monoisotopic (exact) mass is 332 g/mol. The molecule has 0 saturated heterocycles. The maximum absolute atomic E-state index is 12.7. The third kappa shape index (κ3) is 3.34. The fourth-order valence-corrected chi connectivity index (χ4v) is 4.51. The first-order valence-corrected chi connectivity index (χ1v) is 9.28. The summed E-state index contributed by atoms with van der Waals surface area (Å²) in [7, 11) is 0. The SMILES string of the molecule is CCC(C(=O)NC1CCC(C)CC1)n1sc2ccccc2c1=O. The van der Waals surface area contributed by atoms with Crippen molar-refractivity contribution in [3.8, 4) is 0 Å². The molecule has 2 aromatic rings. The van der Waals surface area contributed by atoms with Crippen LogP contribution in [0.1, 0.15) is 52.0 Å². The molecule has 3 rings (SSSR count). The lowest BCUT2D eigenvalue weighted by molar-refractivity contribution is -0.125. The van der Waals surface area contributed by atoms with Crippen LogP contribution >= 0.6 is 11.5 Å². The highest BCUT2D eigenvalue weighted by Crippen LogP contribution is 2.25. The number of aromatic nitrogens is 1. The predicted octanol–water partition coefficient (Wildman–Crippen LogP) is 3.71. The van der Waals surface area contributed by atoms with Crippen LogP contribution in [0.5, 0.6) is 0 Å². The molecule has 1 unspecified atom stereocenters. The topological polar surface area (TPSA) is 51.1 Å². The van der Waals surface area contributed by atoms with Crippen LogP contribution in [-0.4, -0.2) is 15.9 Å². The Morgan fingerprint density at radius 2 is 2.00 bits per heavy atom. The van der Waals surface area contributed by atoms with Gasteiger partial charge in [0.1, 0.15) is 6.04 Å². The van der Waals surface area contributed by atoms with Crippen LogP contribution in [0.15, 0.2) is 29.1 Å². The molecular formula is C18H24N2O2S. The normalized spacial score (nSPS) is 22.9. The largest absolute Gasteiger partial charge is 0.352 e. The van der Waals surface area contributed by atoms with E-state index in [0.717, 1.165) is 23.5 Å². The van der Waals surface area contributed by atoms with Gasteiger partial charge >= 0.3 is 0 Å². The highest BCUT2D eigenvalue weighted by Gasteiger charge is 2.26. The molecule has 1 atom stereocenters. The number of carbonyl (C=O) groups is 1. The zero-order valence-corrected chi connectivity index (χ0v) is 14.6. The van der Waals surface area contributed by atoms with E-state index in [1.54, 1.807) is 3.96 Å². The quantitative estimate of drug-likeness (QED) is 0.928. The Balaban J connectivity index is 1.79. The molecule has 1 aliphatic carbocycles. The van der Waals surface area contributed by atoms with E-state index in [4.69, 9.17) is 0 Å². The summed E-state index contributed by atoms with van der Waals surface area (Å²) in [5.74, 6) is 0.746. The predicted molar refractivity (Wildman–Crippen MR) is 95.0 cm³/mol. The minimum Gasteiger partial charge on any atom is -0.352 e. The molecule has 1 amide bonds. The van der Waals surface area contributed by atoms with Gasteiger partial charge in [0, 0.05) is 6.04 Å². The molecule has 1 saturated carbocycles. The van der Waals surface area contributed by atoms with Crippen LogP contribution in [0.2, 0.25) is 0 Å². The third-order valence-corrected chi connectivity index (χ3v) is 6.02. The molecule has 0 aliphatic heterocycles. The zero-order chi connectivity index (χ0) is 16.4. The fourth-order valence-electron chi connectivity index (χ4n) is 3.35. The number of carbonyl (C=O) groups excluding carboxylic acids is 1. The Morgan fingerprint density at radius 1 is 1.30 bits per heavy atom. The Hall–Kier alpha value is -1.62. The number of hydrogen-bond donors (Lipinski definition) is 1. The summed E-state index contributed by atoms with van der Waals surface area (Å²) >= 11 is 1.39. The molecule has 4 nitrogen and oxygen atoms in total. The molecular weight excluding hydrogens is 308 g/mol. The molecule has 1 aliphatic rings. The minimum atomic E-state index is -0.403. The first kappa shape index (κ1) is 16.2. The molecule has 0 bridgehead atoms. The van der Waals surface area contributed by atoms with Gasteiger partial charge in [0.25, 0.3) is 5.56 Å². The van der Waals surface area contributed by atoms with E-state index in [1.165, 1.54) is 24.4 Å². The number of benzene rings is 1. The number of amides is 1. The summed E-state index contributed by atoms with van der Waals surface area (Å²) in [5, 5.41) is 3.87. The third-order valence-electron chi connectivity index (χ3n) is 4.85. The molecule has 1 aromatic heterocycles. The average molecular weight is 332 g/mol. The molecule has 0 spiro atoms. The van der Waals surface area contributed by atoms with Gasteiger partial charge in [-0.3, -0.25) is 13.5 Å². The van der Waals surface area contributed by atoms with Gasteiger partial charge in [-0.15, -0.1) is 0 Å². The van der Waals surface area contributed by atoms with Crippen LogP contribution in [0.3, 0.4) is 0 Å². The number of nitrogens with one attached hydrogen (secondary N) is 1. The van der Waals surface area contributed by atoms with Crippen molar-refractivity contribution in [3.05, 3.63) is 34.6 Å². The lowest BCUT2D eigenvalue weighted by atomic mass is 9.87.